The van der Waals surface area contributed by atoms with Gasteiger partial charge in [0.2, 0.25) is 5.95 Å². The van der Waals surface area contributed by atoms with Crippen LogP contribution in [-0.4, -0.2) is 59.1 Å². The van der Waals surface area contributed by atoms with Gasteiger partial charge in [0, 0.05) is 24.7 Å². The van der Waals surface area contributed by atoms with Crippen molar-refractivity contribution in [1.29, 1.82) is 0 Å². The van der Waals surface area contributed by atoms with Crippen LogP contribution in [0.5, 0.6) is 0 Å². The Morgan fingerprint density at radius 1 is 0.884 bits per heavy atom. The number of amides is 1. The van der Waals surface area contributed by atoms with Gasteiger partial charge in [-0.25, -0.2) is 9.78 Å². The van der Waals surface area contributed by atoms with Gasteiger partial charge in [0.05, 0.1) is 23.7 Å². The van der Waals surface area contributed by atoms with E-state index in [4.69, 9.17) is 9.72 Å². The molecule has 0 saturated heterocycles. The van der Waals surface area contributed by atoms with E-state index in [1.165, 1.54) is 20.0 Å². The van der Waals surface area contributed by atoms with Crippen molar-refractivity contribution in [2.45, 2.75) is 105 Å². The van der Waals surface area contributed by atoms with Crippen molar-refractivity contribution in [2.24, 2.45) is 0 Å². The van der Waals surface area contributed by atoms with E-state index >= 15 is 0 Å². The zero-order valence-electron chi connectivity index (χ0n) is 27.1. The van der Waals surface area contributed by atoms with E-state index < -0.39 is 0 Å². The highest BCUT2D eigenvalue weighted by Crippen LogP contribution is 2.23. The minimum absolute atomic E-state index is 0.0104. The SMILES string of the molecule is CCCCC(CCCC)NC(=O)c1ccc2nc(NCc3ccc(C(=O)OC)cc3)n(CCCN(CC)CCCC)c2c1. The third-order valence-electron chi connectivity index (χ3n) is 8.11. The van der Waals surface area contributed by atoms with E-state index in [2.05, 4.69) is 47.8 Å². The zero-order valence-corrected chi connectivity index (χ0v) is 27.1. The Kier molecular flexibility index (Phi) is 14.5. The van der Waals surface area contributed by atoms with Crippen molar-refractivity contribution >= 4 is 28.9 Å². The second-order valence-corrected chi connectivity index (χ2v) is 11.4. The van der Waals surface area contributed by atoms with E-state index in [1.54, 1.807) is 12.1 Å². The lowest BCUT2D eigenvalue weighted by Crippen LogP contribution is -2.34. The molecule has 0 aliphatic heterocycles. The predicted molar refractivity (Wildman–Crippen MR) is 177 cm³/mol. The molecule has 0 bridgehead atoms. The number of anilines is 1. The molecule has 43 heavy (non-hydrogen) atoms. The van der Waals surface area contributed by atoms with Gasteiger partial charge in [0.25, 0.3) is 5.91 Å². The number of benzene rings is 2. The van der Waals surface area contributed by atoms with Crippen molar-refractivity contribution in [3.8, 4) is 0 Å². The van der Waals surface area contributed by atoms with Crippen LogP contribution < -0.4 is 10.6 Å². The molecule has 3 rings (SSSR count). The number of methoxy groups -OCH3 is 1. The number of hydrogen-bond acceptors (Lipinski definition) is 6. The van der Waals surface area contributed by atoms with Gasteiger partial charge in [-0.2, -0.15) is 0 Å². The number of rotatable bonds is 20. The Hall–Kier alpha value is -3.39. The van der Waals surface area contributed by atoms with Gasteiger partial charge >= 0.3 is 5.97 Å². The van der Waals surface area contributed by atoms with Crippen molar-refractivity contribution in [3.05, 3.63) is 59.2 Å². The molecule has 8 nitrogen and oxygen atoms in total. The van der Waals surface area contributed by atoms with Crippen molar-refractivity contribution in [1.82, 2.24) is 19.8 Å². The van der Waals surface area contributed by atoms with Crippen LogP contribution in [0.25, 0.3) is 11.0 Å². The number of nitrogens with zero attached hydrogens (tertiary/aromatic N) is 3. The number of fused-ring (bicyclic) bond motifs is 1. The summed E-state index contributed by atoms with van der Waals surface area (Å²) in [5, 5.41) is 6.84. The monoisotopic (exact) mass is 591 g/mol. The lowest BCUT2D eigenvalue weighted by Gasteiger charge is -2.20. The summed E-state index contributed by atoms with van der Waals surface area (Å²) in [7, 11) is 1.39. The molecule has 1 aromatic heterocycles. The number of aryl methyl sites for hydroxylation is 1. The summed E-state index contributed by atoms with van der Waals surface area (Å²) in [4.78, 5) is 32.7. The van der Waals surface area contributed by atoms with Crippen molar-refractivity contribution in [2.75, 3.05) is 32.1 Å². The lowest BCUT2D eigenvalue weighted by atomic mass is 10.0. The molecule has 0 saturated carbocycles. The van der Waals surface area contributed by atoms with Crippen LogP contribution in [-0.2, 0) is 17.8 Å². The van der Waals surface area contributed by atoms with Crippen molar-refractivity contribution in [3.63, 3.8) is 0 Å². The molecule has 0 atom stereocenters. The first-order chi connectivity index (χ1) is 20.9. The summed E-state index contributed by atoms with van der Waals surface area (Å²) < 4.78 is 7.04. The smallest absolute Gasteiger partial charge is 0.337 e. The molecule has 1 amide bonds. The van der Waals surface area contributed by atoms with Gasteiger partial charge in [-0.15, -0.1) is 0 Å². The van der Waals surface area contributed by atoms with Crippen molar-refractivity contribution < 1.29 is 14.3 Å². The van der Waals surface area contributed by atoms with E-state index in [0.29, 0.717) is 17.7 Å². The van der Waals surface area contributed by atoms with Crippen LogP contribution in [0.3, 0.4) is 0 Å². The van der Waals surface area contributed by atoms with Gasteiger partial charge < -0.3 is 24.8 Å². The summed E-state index contributed by atoms with van der Waals surface area (Å²) >= 11 is 0. The minimum atomic E-state index is -0.344. The molecular formula is C35H53N5O3. The van der Waals surface area contributed by atoms with Crippen LogP contribution in [0.1, 0.15) is 112 Å². The number of nitrogens with one attached hydrogen (secondary N) is 2. The van der Waals surface area contributed by atoms with Crippen LogP contribution in [0, 0.1) is 0 Å². The Labute approximate surface area is 258 Å². The molecule has 0 fully saturated rings. The molecule has 0 aliphatic rings. The molecular weight excluding hydrogens is 538 g/mol. The quantitative estimate of drug-likeness (QED) is 0.133. The molecule has 0 unspecified atom stereocenters. The minimum Gasteiger partial charge on any atom is -0.465 e. The highest BCUT2D eigenvalue weighted by Gasteiger charge is 2.17. The number of unbranched alkanes of at least 4 members (excludes halogenated alkanes) is 3. The molecule has 0 aliphatic carbocycles. The summed E-state index contributed by atoms with van der Waals surface area (Å²) in [6.45, 7) is 13.4. The molecule has 0 spiro atoms. The highest BCUT2D eigenvalue weighted by atomic mass is 16.5. The number of aromatic nitrogens is 2. The maximum absolute atomic E-state index is 13.4. The van der Waals surface area contributed by atoms with Gasteiger partial charge in [0.1, 0.15) is 0 Å². The van der Waals surface area contributed by atoms with Crippen LogP contribution >= 0.6 is 0 Å². The molecule has 8 heteroatoms. The second-order valence-electron chi connectivity index (χ2n) is 11.4. The fourth-order valence-electron chi connectivity index (χ4n) is 5.40. The predicted octanol–water partition coefficient (Wildman–Crippen LogP) is 7.43. The number of hydrogen-bond donors (Lipinski definition) is 2. The fraction of sp³-hybridized carbons (Fsp3) is 0.571. The Balaban J connectivity index is 1.83. The van der Waals surface area contributed by atoms with Crippen LogP contribution in [0.15, 0.2) is 42.5 Å². The van der Waals surface area contributed by atoms with Crippen LogP contribution in [0.4, 0.5) is 5.95 Å². The molecule has 1 heterocycles. The average molecular weight is 592 g/mol. The largest absolute Gasteiger partial charge is 0.465 e. The third-order valence-corrected chi connectivity index (χ3v) is 8.11. The van der Waals surface area contributed by atoms with E-state index in [0.717, 1.165) is 93.7 Å². The zero-order chi connectivity index (χ0) is 31.0. The van der Waals surface area contributed by atoms with E-state index in [9.17, 15) is 9.59 Å². The fourth-order valence-corrected chi connectivity index (χ4v) is 5.40. The molecule has 2 aromatic carbocycles. The second kappa shape index (κ2) is 18.3. The summed E-state index contributed by atoms with van der Waals surface area (Å²) in [5.74, 6) is 0.428. The van der Waals surface area contributed by atoms with Gasteiger partial charge in [-0.3, -0.25) is 4.79 Å². The molecule has 2 N–H and O–H groups in total. The summed E-state index contributed by atoms with van der Waals surface area (Å²) in [6, 6.07) is 13.5. The maximum Gasteiger partial charge on any atom is 0.337 e. The Morgan fingerprint density at radius 3 is 2.16 bits per heavy atom. The topological polar surface area (TPSA) is 88.5 Å². The summed E-state index contributed by atoms with van der Waals surface area (Å²) in [5.41, 5.74) is 4.07. The number of imidazole rings is 1. The highest BCUT2D eigenvalue weighted by molar-refractivity contribution is 5.98. The lowest BCUT2D eigenvalue weighted by molar-refractivity contribution is 0.0600. The first-order valence-corrected chi connectivity index (χ1v) is 16.4. The van der Waals surface area contributed by atoms with E-state index in [-0.39, 0.29) is 17.9 Å². The first kappa shape index (κ1) is 34.1. The third kappa shape index (κ3) is 10.4. The van der Waals surface area contributed by atoms with Gasteiger partial charge in [0.15, 0.2) is 0 Å². The first-order valence-electron chi connectivity index (χ1n) is 16.4. The number of carbonyl (C=O) groups is 2. The van der Waals surface area contributed by atoms with Gasteiger partial charge in [-0.05, 0) is 81.2 Å². The maximum atomic E-state index is 13.4. The van der Waals surface area contributed by atoms with E-state index in [1.807, 2.05) is 30.3 Å². The molecule has 0 radical (unpaired) electrons. The summed E-state index contributed by atoms with van der Waals surface area (Å²) in [6.07, 6.45) is 9.91. The molecule has 3 aromatic rings. The Bertz CT molecular complexity index is 1260. The number of carbonyl (C=O) groups excluding carboxylic acids is 2. The Morgan fingerprint density at radius 2 is 1.53 bits per heavy atom. The molecule has 236 valence electrons. The number of esters is 1. The van der Waals surface area contributed by atoms with Gasteiger partial charge in [-0.1, -0.05) is 71.9 Å². The van der Waals surface area contributed by atoms with Crippen LogP contribution in [0.2, 0.25) is 0 Å². The normalized spacial score (nSPS) is 11.4. The number of ether oxygens (including phenoxy) is 1. The average Bonchev–Trinajstić information content (AvgIpc) is 3.39. The standard InChI is InChI=1S/C35H53N5O3/c1-6-10-14-30(15-11-7-2)37-33(41)29-20-21-31-32(25-29)40(24-13-23-39(9-4)22-12-8-3)35(38-31)36-26-27-16-18-28(19-17-27)34(42)43-5/h16-21,25,30H,6-15,22-24,26H2,1-5H3,(H,36,38)(H,37,41).